The number of hydrogen-bond donors (Lipinski definition) is 0. The smallest absolute Gasteiger partial charge is 0.278 e. The van der Waals surface area contributed by atoms with Gasteiger partial charge in [-0.05, 0) is 38.3 Å². The minimum atomic E-state index is 0.239. The molecule has 3 saturated heterocycles. The van der Waals surface area contributed by atoms with E-state index >= 15 is 0 Å². The van der Waals surface area contributed by atoms with E-state index in [0.717, 1.165) is 19.4 Å². The van der Waals surface area contributed by atoms with Crippen LogP contribution in [-0.4, -0.2) is 47.2 Å². The summed E-state index contributed by atoms with van der Waals surface area (Å²) in [4.78, 5) is 11.0. The highest BCUT2D eigenvalue weighted by molar-refractivity contribution is 5.24. The molecule has 20 heavy (non-hydrogen) atoms. The molecule has 0 unspecified atom stereocenters. The molecule has 0 radical (unpaired) electrons. The van der Waals surface area contributed by atoms with Crippen LogP contribution < -0.4 is 9.47 Å². The van der Waals surface area contributed by atoms with E-state index in [0.29, 0.717) is 24.3 Å². The standard InChI is InChI=1S/C15H23N3O2/c1-2-3-10-19-14-15(17-7-6-16-14)20-13-11-18-8-4-12(13)5-9-18/h6-7,12-13H,2-5,8-11H2,1H3/t13-/m1/s1. The highest BCUT2D eigenvalue weighted by Crippen LogP contribution is 2.32. The van der Waals surface area contributed by atoms with Crippen molar-refractivity contribution >= 4 is 0 Å². The highest BCUT2D eigenvalue weighted by atomic mass is 16.5. The second kappa shape index (κ2) is 6.39. The lowest BCUT2D eigenvalue weighted by Gasteiger charge is -2.44. The van der Waals surface area contributed by atoms with E-state index in [4.69, 9.17) is 9.47 Å². The van der Waals surface area contributed by atoms with Gasteiger partial charge in [-0.15, -0.1) is 0 Å². The summed E-state index contributed by atoms with van der Waals surface area (Å²) in [6, 6.07) is 0. The first-order valence-electron chi connectivity index (χ1n) is 7.69. The van der Waals surface area contributed by atoms with Gasteiger partial charge in [0.25, 0.3) is 11.8 Å². The molecule has 1 atom stereocenters. The molecule has 0 amide bonds. The molecule has 4 rings (SSSR count). The normalized spacial score (nSPS) is 28.4. The Balaban J connectivity index is 1.64. The number of nitrogens with zero attached hydrogens (tertiary/aromatic N) is 3. The van der Waals surface area contributed by atoms with Gasteiger partial charge in [-0.2, -0.15) is 0 Å². The van der Waals surface area contributed by atoms with E-state index in [1.165, 1.54) is 25.9 Å². The zero-order valence-corrected chi connectivity index (χ0v) is 12.1. The lowest BCUT2D eigenvalue weighted by molar-refractivity contribution is -0.0118. The maximum absolute atomic E-state index is 6.11. The molecular weight excluding hydrogens is 254 g/mol. The summed E-state index contributed by atoms with van der Waals surface area (Å²) in [6.07, 6.45) is 8.16. The van der Waals surface area contributed by atoms with Gasteiger partial charge in [0.15, 0.2) is 0 Å². The van der Waals surface area contributed by atoms with E-state index in [1.54, 1.807) is 12.4 Å². The van der Waals surface area contributed by atoms with Gasteiger partial charge in [-0.3, -0.25) is 4.90 Å². The maximum Gasteiger partial charge on any atom is 0.278 e. The number of fused-ring (bicyclic) bond motifs is 3. The molecule has 1 aromatic rings. The van der Waals surface area contributed by atoms with Crippen LogP contribution in [0.1, 0.15) is 32.6 Å². The van der Waals surface area contributed by atoms with Crippen LogP contribution in [0.2, 0.25) is 0 Å². The Bertz CT molecular complexity index is 433. The molecule has 0 aromatic carbocycles. The third-order valence-electron chi connectivity index (χ3n) is 4.23. The lowest BCUT2D eigenvalue weighted by atomic mass is 9.86. The first kappa shape index (κ1) is 13.6. The molecule has 3 fully saturated rings. The summed E-state index contributed by atoms with van der Waals surface area (Å²) in [5.41, 5.74) is 0. The largest absolute Gasteiger partial charge is 0.474 e. The van der Waals surface area contributed by atoms with Crippen molar-refractivity contribution in [2.75, 3.05) is 26.2 Å². The fourth-order valence-electron chi connectivity index (χ4n) is 2.99. The molecule has 3 aliphatic heterocycles. The second-order valence-electron chi connectivity index (χ2n) is 5.66. The minimum absolute atomic E-state index is 0.239. The summed E-state index contributed by atoms with van der Waals surface area (Å²) in [6.45, 7) is 6.25. The Morgan fingerprint density at radius 1 is 1.20 bits per heavy atom. The van der Waals surface area contributed by atoms with Gasteiger partial charge < -0.3 is 9.47 Å². The molecule has 0 N–H and O–H groups in total. The van der Waals surface area contributed by atoms with E-state index in [2.05, 4.69) is 21.8 Å². The topological polar surface area (TPSA) is 47.5 Å². The van der Waals surface area contributed by atoms with Crippen LogP contribution in [0, 0.1) is 5.92 Å². The quantitative estimate of drug-likeness (QED) is 0.745. The second-order valence-corrected chi connectivity index (χ2v) is 5.66. The van der Waals surface area contributed by atoms with Crippen LogP contribution in [0.5, 0.6) is 11.8 Å². The third kappa shape index (κ3) is 3.03. The molecule has 0 aliphatic carbocycles. The van der Waals surface area contributed by atoms with Gasteiger partial charge in [-0.1, -0.05) is 13.3 Å². The van der Waals surface area contributed by atoms with Gasteiger partial charge >= 0.3 is 0 Å². The van der Waals surface area contributed by atoms with Gasteiger partial charge in [0.1, 0.15) is 6.10 Å². The van der Waals surface area contributed by atoms with Crippen molar-refractivity contribution < 1.29 is 9.47 Å². The molecular formula is C15H23N3O2. The summed E-state index contributed by atoms with van der Waals surface area (Å²) >= 11 is 0. The SMILES string of the molecule is CCCCOc1nccnc1O[C@@H]1CN2CCC1CC2. The van der Waals surface area contributed by atoms with E-state index < -0.39 is 0 Å². The van der Waals surface area contributed by atoms with Gasteiger partial charge in [0.05, 0.1) is 6.61 Å². The first-order chi connectivity index (χ1) is 9.86. The molecule has 2 bridgehead atoms. The van der Waals surface area contributed by atoms with Crippen molar-refractivity contribution in [3.8, 4) is 11.8 Å². The molecule has 0 spiro atoms. The van der Waals surface area contributed by atoms with Gasteiger partial charge in [0.2, 0.25) is 0 Å². The lowest BCUT2D eigenvalue weighted by Crippen LogP contribution is -2.52. The Kier molecular flexibility index (Phi) is 4.35. The zero-order chi connectivity index (χ0) is 13.8. The molecule has 5 heteroatoms. The zero-order valence-electron chi connectivity index (χ0n) is 12.1. The van der Waals surface area contributed by atoms with E-state index in [1.807, 2.05) is 0 Å². The molecule has 4 heterocycles. The summed E-state index contributed by atoms with van der Waals surface area (Å²) in [5.74, 6) is 1.75. The number of piperidine rings is 3. The molecule has 0 saturated carbocycles. The van der Waals surface area contributed by atoms with E-state index in [-0.39, 0.29) is 6.10 Å². The predicted octanol–water partition coefficient (Wildman–Crippen LogP) is 2.13. The third-order valence-corrected chi connectivity index (χ3v) is 4.23. The Morgan fingerprint density at radius 3 is 2.60 bits per heavy atom. The van der Waals surface area contributed by atoms with Gasteiger partial charge in [-0.25, -0.2) is 9.97 Å². The van der Waals surface area contributed by atoms with Crippen LogP contribution in [0.3, 0.4) is 0 Å². The Hall–Kier alpha value is -1.36. The molecule has 3 aliphatic rings. The summed E-state index contributed by atoms with van der Waals surface area (Å²) < 4.78 is 11.8. The van der Waals surface area contributed by atoms with Crippen molar-refractivity contribution in [3.63, 3.8) is 0 Å². The fraction of sp³-hybridized carbons (Fsp3) is 0.733. The van der Waals surface area contributed by atoms with Crippen molar-refractivity contribution in [1.29, 1.82) is 0 Å². The monoisotopic (exact) mass is 277 g/mol. The molecule has 110 valence electrons. The highest BCUT2D eigenvalue weighted by Gasteiger charge is 2.36. The molecule has 5 nitrogen and oxygen atoms in total. The number of hydrogen-bond acceptors (Lipinski definition) is 5. The Labute approximate surface area is 120 Å². The van der Waals surface area contributed by atoms with Crippen molar-refractivity contribution in [2.45, 2.75) is 38.7 Å². The first-order valence-corrected chi connectivity index (χ1v) is 7.69. The van der Waals surface area contributed by atoms with Crippen molar-refractivity contribution in [1.82, 2.24) is 14.9 Å². The van der Waals surface area contributed by atoms with Crippen LogP contribution in [-0.2, 0) is 0 Å². The van der Waals surface area contributed by atoms with Crippen molar-refractivity contribution in [3.05, 3.63) is 12.4 Å². The Morgan fingerprint density at radius 2 is 1.95 bits per heavy atom. The average molecular weight is 277 g/mol. The number of rotatable bonds is 6. The van der Waals surface area contributed by atoms with Crippen LogP contribution in [0.4, 0.5) is 0 Å². The number of aromatic nitrogens is 2. The summed E-state index contributed by atoms with van der Waals surface area (Å²) in [7, 11) is 0. The van der Waals surface area contributed by atoms with Crippen molar-refractivity contribution in [2.24, 2.45) is 5.92 Å². The number of ether oxygens (including phenoxy) is 2. The van der Waals surface area contributed by atoms with Crippen LogP contribution in [0.15, 0.2) is 12.4 Å². The fourth-order valence-corrected chi connectivity index (χ4v) is 2.99. The van der Waals surface area contributed by atoms with Crippen LogP contribution in [0.25, 0.3) is 0 Å². The number of unbranched alkanes of at least 4 members (excludes halogenated alkanes) is 1. The predicted molar refractivity (Wildman–Crippen MR) is 76.0 cm³/mol. The maximum atomic E-state index is 6.11. The van der Waals surface area contributed by atoms with E-state index in [9.17, 15) is 0 Å². The minimum Gasteiger partial charge on any atom is -0.474 e. The average Bonchev–Trinajstić information content (AvgIpc) is 2.50. The molecule has 1 aromatic heterocycles. The van der Waals surface area contributed by atoms with Gasteiger partial charge in [0, 0.05) is 18.9 Å². The summed E-state index contributed by atoms with van der Waals surface area (Å²) in [5, 5.41) is 0. The van der Waals surface area contributed by atoms with Crippen LogP contribution >= 0.6 is 0 Å².